The quantitative estimate of drug-likeness (QED) is 0.113. The van der Waals surface area contributed by atoms with E-state index in [1.165, 1.54) is 48.5 Å². The number of carbonyl (C=O) groups excluding carboxylic acids is 2. The van der Waals surface area contributed by atoms with E-state index in [1.807, 2.05) is 48.5 Å². The zero-order chi connectivity index (χ0) is 29.4. The summed E-state index contributed by atoms with van der Waals surface area (Å²) in [5, 5.41) is 26.0. The molecule has 0 amide bonds. The molecule has 0 heterocycles. The lowest BCUT2D eigenvalue weighted by molar-refractivity contribution is -0.385. The van der Waals surface area contributed by atoms with E-state index in [4.69, 9.17) is 0 Å². The summed E-state index contributed by atoms with van der Waals surface area (Å²) in [5.74, 6) is -0.887. The van der Waals surface area contributed by atoms with Crippen LogP contribution >= 0.6 is 0 Å². The maximum Gasteiger partial charge on any atom is 0.270 e. The zero-order valence-electron chi connectivity index (χ0n) is 21.9. The molecule has 6 rings (SSSR count). The monoisotopic (exact) mass is 552 g/mol. The van der Waals surface area contributed by atoms with Crippen molar-refractivity contribution >= 4 is 44.5 Å². The van der Waals surface area contributed by atoms with Crippen LogP contribution in [0.15, 0.2) is 121 Å². The molecular formula is C34H20N2O6. The molecule has 0 unspecified atom stereocenters. The number of hydrogen-bond acceptors (Lipinski definition) is 6. The third-order valence-electron chi connectivity index (χ3n) is 7.24. The molecule has 0 bridgehead atoms. The van der Waals surface area contributed by atoms with Gasteiger partial charge in [0, 0.05) is 57.6 Å². The van der Waals surface area contributed by atoms with E-state index in [0.29, 0.717) is 21.9 Å². The molecule has 0 aliphatic heterocycles. The van der Waals surface area contributed by atoms with Gasteiger partial charge in [0.05, 0.1) is 9.85 Å². The van der Waals surface area contributed by atoms with Crippen LogP contribution in [0, 0.1) is 20.2 Å². The van der Waals surface area contributed by atoms with E-state index < -0.39 is 21.4 Å². The van der Waals surface area contributed by atoms with Gasteiger partial charge in [-0.05, 0) is 33.7 Å². The van der Waals surface area contributed by atoms with E-state index in [-0.39, 0.29) is 33.6 Å². The summed E-state index contributed by atoms with van der Waals surface area (Å²) in [6, 6.07) is 32.9. The van der Waals surface area contributed by atoms with Gasteiger partial charge in [-0.3, -0.25) is 29.8 Å². The number of nitro groups is 2. The predicted molar refractivity (Wildman–Crippen MR) is 160 cm³/mol. The smallest absolute Gasteiger partial charge is 0.270 e. The average molecular weight is 553 g/mol. The van der Waals surface area contributed by atoms with Crippen LogP contribution in [0.5, 0.6) is 0 Å². The Kier molecular flexibility index (Phi) is 6.56. The van der Waals surface area contributed by atoms with E-state index >= 15 is 0 Å². The second kappa shape index (κ2) is 10.5. The Balaban J connectivity index is 1.68. The molecular weight excluding hydrogens is 532 g/mol. The Labute approximate surface area is 238 Å². The van der Waals surface area contributed by atoms with Crippen molar-refractivity contribution in [2.45, 2.75) is 0 Å². The number of nitrogens with zero attached hydrogens (tertiary/aromatic N) is 2. The number of carbonyl (C=O) groups is 2. The molecule has 0 aliphatic rings. The maximum absolute atomic E-state index is 14.1. The topological polar surface area (TPSA) is 120 Å². The number of hydrogen-bond donors (Lipinski definition) is 0. The third-order valence-corrected chi connectivity index (χ3v) is 7.24. The van der Waals surface area contributed by atoms with Crippen molar-refractivity contribution in [3.8, 4) is 11.1 Å². The first-order valence-corrected chi connectivity index (χ1v) is 13.0. The van der Waals surface area contributed by atoms with Crippen LogP contribution in [0.4, 0.5) is 11.4 Å². The first-order valence-electron chi connectivity index (χ1n) is 13.0. The van der Waals surface area contributed by atoms with Gasteiger partial charge in [-0.1, -0.05) is 84.9 Å². The minimum Gasteiger partial charge on any atom is -0.289 e. The summed E-state index contributed by atoms with van der Waals surface area (Å²) in [6.07, 6.45) is 0. The molecule has 8 heteroatoms. The molecule has 0 fully saturated rings. The summed E-state index contributed by atoms with van der Waals surface area (Å²) in [6.45, 7) is 0. The zero-order valence-corrected chi connectivity index (χ0v) is 21.9. The molecule has 0 radical (unpaired) electrons. The number of rotatable bonds is 7. The van der Waals surface area contributed by atoms with Gasteiger partial charge in [0.2, 0.25) is 0 Å². The summed E-state index contributed by atoms with van der Waals surface area (Å²) in [7, 11) is 0. The van der Waals surface area contributed by atoms with Crippen molar-refractivity contribution in [3.63, 3.8) is 0 Å². The first kappa shape index (κ1) is 26.2. The fourth-order valence-corrected chi connectivity index (χ4v) is 5.29. The molecule has 0 atom stereocenters. The van der Waals surface area contributed by atoms with Crippen molar-refractivity contribution in [2.24, 2.45) is 0 Å². The Bertz CT molecular complexity index is 1950. The van der Waals surface area contributed by atoms with Gasteiger partial charge in [-0.15, -0.1) is 0 Å². The predicted octanol–water partition coefficient (Wildman–Crippen LogP) is 7.94. The molecule has 0 spiro atoms. The third kappa shape index (κ3) is 4.56. The Morgan fingerprint density at radius 3 is 1.29 bits per heavy atom. The summed E-state index contributed by atoms with van der Waals surface area (Å²) in [4.78, 5) is 50.0. The molecule has 202 valence electrons. The normalized spacial score (nSPS) is 11.0. The molecule has 0 N–H and O–H groups in total. The van der Waals surface area contributed by atoms with Crippen molar-refractivity contribution in [1.29, 1.82) is 0 Å². The van der Waals surface area contributed by atoms with Crippen LogP contribution in [0.25, 0.3) is 32.7 Å². The minimum atomic E-state index is -0.557. The fraction of sp³-hybridized carbons (Fsp3) is 0. The highest BCUT2D eigenvalue weighted by atomic mass is 16.6. The highest BCUT2D eigenvalue weighted by Gasteiger charge is 2.25. The van der Waals surface area contributed by atoms with Crippen molar-refractivity contribution < 1.29 is 19.4 Å². The van der Waals surface area contributed by atoms with E-state index in [9.17, 15) is 29.8 Å². The Morgan fingerprint density at radius 2 is 0.881 bits per heavy atom. The van der Waals surface area contributed by atoms with Crippen LogP contribution in [0.3, 0.4) is 0 Å². The van der Waals surface area contributed by atoms with E-state index in [2.05, 4.69) is 0 Å². The number of benzene rings is 6. The molecule has 6 aromatic rings. The van der Waals surface area contributed by atoms with Gasteiger partial charge in [-0.25, -0.2) is 0 Å². The molecule has 0 aliphatic carbocycles. The van der Waals surface area contributed by atoms with Crippen LogP contribution in [-0.4, -0.2) is 21.4 Å². The van der Waals surface area contributed by atoms with Crippen molar-refractivity contribution in [3.05, 3.63) is 164 Å². The van der Waals surface area contributed by atoms with E-state index in [0.717, 1.165) is 10.8 Å². The maximum atomic E-state index is 14.1. The second-order valence-electron chi connectivity index (χ2n) is 9.69. The van der Waals surface area contributed by atoms with Gasteiger partial charge in [0.1, 0.15) is 0 Å². The standard InChI is InChI=1S/C34H20N2O6/c37-33(23-9-5-11-25(19-23)35(39)40)29-17-15-21-7-1-3-13-27(21)31(29)32-28-14-4-2-8-22(28)16-18-30(32)34(38)24-10-6-12-26(20-24)36(41)42/h1-20H. The van der Waals surface area contributed by atoms with Crippen LogP contribution in [0.2, 0.25) is 0 Å². The van der Waals surface area contributed by atoms with Crippen molar-refractivity contribution in [1.82, 2.24) is 0 Å². The molecule has 42 heavy (non-hydrogen) atoms. The lowest BCUT2D eigenvalue weighted by atomic mass is 9.83. The fourth-order valence-electron chi connectivity index (χ4n) is 5.29. The SMILES string of the molecule is O=C(c1cccc([N+](=O)[O-])c1)c1ccc2ccccc2c1-c1c(C(=O)c2cccc([N+](=O)[O-])c2)ccc2ccccc12. The van der Waals surface area contributed by atoms with Gasteiger partial charge in [0.15, 0.2) is 11.6 Å². The lowest BCUT2D eigenvalue weighted by Crippen LogP contribution is -2.09. The van der Waals surface area contributed by atoms with Crippen LogP contribution in [0.1, 0.15) is 31.8 Å². The first-order chi connectivity index (χ1) is 20.3. The van der Waals surface area contributed by atoms with E-state index in [1.54, 1.807) is 24.3 Å². The molecule has 0 saturated carbocycles. The molecule has 0 aromatic heterocycles. The molecule has 0 saturated heterocycles. The Morgan fingerprint density at radius 1 is 0.476 bits per heavy atom. The van der Waals surface area contributed by atoms with Gasteiger partial charge < -0.3 is 0 Å². The number of fused-ring (bicyclic) bond motifs is 2. The Hall–Kier alpha value is -6.02. The second-order valence-corrected chi connectivity index (χ2v) is 9.69. The molecule has 6 aromatic carbocycles. The summed E-state index contributed by atoms with van der Waals surface area (Å²) >= 11 is 0. The number of ketones is 2. The largest absolute Gasteiger partial charge is 0.289 e. The van der Waals surface area contributed by atoms with Crippen LogP contribution < -0.4 is 0 Å². The lowest BCUT2D eigenvalue weighted by Gasteiger charge is -2.18. The minimum absolute atomic E-state index is 0.132. The molecule has 8 nitrogen and oxygen atoms in total. The highest BCUT2D eigenvalue weighted by Crippen LogP contribution is 2.41. The van der Waals surface area contributed by atoms with Gasteiger partial charge in [-0.2, -0.15) is 0 Å². The summed E-state index contributed by atoms with van der Waals surface area (Å²) in [5.41, 5.74) is 1.35. The number of non-ortho nitro benzene ring substituents is 2. The van der Waals surface area contributed by atoms with Gasteiger partial charge in [0.25, 0.3) is 11.4 Å². The average Bonchev–Trinajstić information content (AvgIpc) is 3.03. The highest BCUT2D eigenvalue weighted by molar-refractivity contribution is 6.24. The van der Waals surface area contributed by atoms with Crippen molar-refractivity contribution in [2.75, 3.05) is 0 Å². The van der Waals surface area contributed by atoms with Crippen LogP contribution in [-0.2, 0) is 0 Å². The van der Waals surface area contributed by atoms with Gasteiger partial charge >= 0.3 is 0 Å². The number of nitro benzene ring substituents is 2. The summed E-state index contributed by atoms with van der Waals surface area (Å²) < 4.78 is 0.